The van der Waals surface area contributed by atoms with Crippen molar-refractivity contribution in [3.05, 3.63) is 0 Å². The van der Waals surface area contributed by atoms with Crippen LogP contribution in [0.4, 0.5) is 0 Å². The number of nitrogens with two attached hydrogens (primary N) is 1. The molecule has 1 heteroatoms. The first-order valence-corrected chi connectivity index (χ1v) is 5.07. The molecular formula is C10H17N. The molecule has 62 valence electrons. The van der Waals surface area contributed by atoms with Crippen LogP contribution in [0, 0.1) is 23.2 Å². The molecule has 0 aromatic rings. The molecule has 0 amide bonds. The van der Waals surface area contributed by atoms with E-state index in [0.29, 0.717) is 0 Å². The Morgan fingerprint density at radius 3 is 3.09 bits per heavy atom. The molecule has 4 unspecified atom stereocenters. The third kappa shape index (κ3) is 0.703. The van der Waals surface area contributed by atoms with Gasteiger partial charge in [-0.1, -0.05) is 12.8 Å². The van der Waals surface area contributed by atoms with E-state index in [1.165, 1.54) is 25.7 Å². The summed E-state index contributed by atoms with van der Waals surface area (Å²) in [6, 6.07) is 0. The molecule has 2 N–H and O–H groups in total. The maximum atomic E-state index is 5.72. The van der Waals surface area contributed by atoms with E-state index in [9.17, 15) is 0 Å². The van der Waals surface area contributed by atoms with E-state index >= 15 is 0 Å². The highest BCUT2D eigenvalue weighted by atomic mass is 14.7. The predicted molar refractivity (Wildman–Crippen MR) is 45.0 cm³/mol. The Morgan fingerprint density at radius 2 is 2.36 bits per heavy atom. The molecule has 11 heavy (non-hydrogen) atoms. The van der Waals surface area contributed by atoms with Gasteiger partial charge in [0.25, 0.3) is 0 Å². The van der Waals surface area contributed by atoms with Gasteiger partial charge in [-0.2, -0.15) is 0 Å². The Labute approximate surface area is 68.3 Å². The largest absolute Gasteiger partial charge is 0.330 e. The molecule has 3 aliphatic carbocycles. The summed E-state index contributed by atoms with van der Waals surface area (Å²) in [5.74, 6) is 3.20. The van der Waals surface area contributed by atoms with Gasteiger partial charge in [0.15, 0.2) is 0 Å². The predicted octanol–water partition coefficient (Wildman–Crippen LogP) is 1.77. The highest BCUT2D eigenvalue weighted by Gasteiger charge is 2.65. The van der Waals surface area contributed by atoms with Gasteiger partial charge in [0.05, 0.1) is 0 Å². The van der Waals surface area contributed by atoms with Crippen molar-refractivity contribution in [3.63, 3.8) is 0 Å². The lowest BCUT2D eigenvalue weighted by atomic mass is 9.84. The Hall–Kier alpha value is -0.0400. The fourth-order valence-corrected chi connectivity index (χ4v) is 3.63. The lowest BCUT2D eigenvalue weighted by Gasteiger charge is -2.21. The molecule has 1 spiro atoms. The van der Waals surface area contributed by atoms with Crippen molar-refractivity contribution in [2.45, 2.75) is 32.1 Å². The van der Waals surface area contributed by atoms with Gasteiger partial charge in [0.1, 0.15) is 0 Å². The maximum Gasteiger partial charge on any atom is -0.00432 e. The minimum Gasteiger partial charge on any atom is -0.330 e. The molecule has 3 saturated carbocycles. The van der Waals surface area contributed by atoms with Gasteiger partial charge >= 0.3 is 0 Å². The van der Waals surface area contributed by atoms with E-state index in [0.717, 1.165) is 29.7 Å². The van der Waals surface area contributed by atoms with Crippen LogP contribution in [0.15, 0.2) is 0 Å². The number of rotatable bonds is 1. The Morgan fingerprint density at radius 1 is 1.45 bits per heavy atom. The van der Waals surface area contributed by atoms with E-state index in [4.69, 9.17) is 5.73 Å². The first kappa shape index (κ1) is 6.47. The molecule has 0 aromatic heterocycles. The average molecular weight is 151 g/mol. The molecule has 0 saturated heterocycles. The lowest BCUT2D eigenvalue weighted by molar-refractivity contribution is 0.286. The van der Waals surface area contributed by atoms with Crippen LogP contribution in [0.3, 0.4) is 0 Å². The first-order valence-electron chi connectivity index (χ1n) is 5.07. The van der Waals surface area contributed by atoms with Gasteiger partial charge in [-0.15, -0.1) is 0 Å². The second-order valence-corrected chi connectivity index (χ2v) is 4.86. The molecule has 0 aromatic carbocycles. The molecular weight excluding hydrogens is 134 g/mol. The fraction of sp³-hybridized carbons (Fsp3) is 1.00. The normalized spacial score (nSPS) is 59.2. The zero-order chi connectivity index (χ0) is 7.47. The molecule has 4 atom stereocenters. The number of hydrogen-bond acceptors (Lipinski definition) is 1. The molecule has 0 aliphatic heterocycles. The molecule has 0 heterocycles. The van der Waals surface area contributed by atoms with Crippen LogP contribution in [0.5, 0.6) is 0 Å². The molecule has 0 bridgehead atoms. The zero-order valence-corrected chi connectivity index (χ0v) is 7.05. The first-order chi connectivity index (χ1) is 5.37. The molecule has 3 rings (SSSR count). The number of fused-ring (bicyclic) bond motifs is 2. The van der Waals surface area contributed by atoms with Crippen LogP contribution in [0.1, 0.15) is 32.1 Å². The highest BCUT2D eigenvalue weighted by Crippen LogP contribution is 2.73. The third-order valence-electron chi connectivity index (χ3n) is 4.44. The van der Waals surface area contributed by atoms with Crippen LogP contribution in [0.25, 0.3) is 0 Å². The Kier molecular flexibility index (Phi) is 1.07. The second-order valence-electron chi connectivity index (χ2n) is 4.86. The van der Waals surface area contributed by atoms with E-state index in [1.54, 1.807) is 6.42 Å². The smallest absolute Gasteiger partial charge is 0.00432 e. The van der Waals surface area contributed by atoms with Crippen LogP contribution >= 0.6 is 0 Å². The van der Waals surface area contributed by atoms with Crippen LogP contribution in [0.2, 0.25) is 0 Å². The summed E-state index contributed by atoms with van der Waals surface area (Å²) in [7, 11) is 0. The summed E-state index contributed by atoms with van der Waals surface area (Å²) < 4.78 is 0. The Bertz CT molecular complexity index is 189. The molecule has 3 fully saturated rings. The van der Waals surface area contributed by atoms with Crippen LogP contribution < -0.4 is 5.73 Å². The minimum absolute atomic E-state index is 0.803. The van der Waals surface area contributed by atoms with Gasteiger partial charge < -0.3 is 5.73 Å². The number of hydrogen-bond donors (Lipinski definition) is 1. The van der Waals surface area contributed by atoms with Gasteiger partial charge in [0, 0.05) is 0 Å². The summed E-state index contributed by atoms with van der Waals surface area (Å²) >= 11 is 0. The standard InChI is InChI=1S/C10H17N/c11-6-8-5-10(8)3-1-2-7-4-9(7)10/h7-9H,1-6,11H2. The van der Waals surface area contributed by atoms with Crippen molar-refractivity contribution >= 4 is 0 Å². The summed E-state index contributed by atoms with van der Waals surface area (Å²) in [4.78, 5) is 0. The van der Waals surface area contributed by atoms with Gasteiger partial charge in [0.2, 0.25) is 0 Å². The summed E-state index contributed by atoms with van der Waals surface area (Å²) in [6.45, 7) is 0.962. The van der Waals surface area contributed by atoms with Gasteiger partial charge in [-0.25, -0.2) is 0 Å². The van der Waals surface area contributed by atoms with Crippen molar-refractivity contribution in [2.75, 3.05) is 6.54 Å². The summed E-state index contributed by atoms with van der Waals surface area (Å²) in [5.41, 5.74) is 6.52. The molecule has 1 nitrogen and oxygen atoms in total. The SMILES string of the molecule is NCC1CC12CCCC1CC12. The monoisotopic (exact) mass is 151 g/mol. The highest BCUT2D eigenvalue weighted by molar-refractivity contribution is 5.15. The zero-order valence-electron chi connectivity index (χ0n) is 7.05. The van der Waals surface area contributed by atoms with Crippen molar-refractivity contribution in [3.8, 4) is 0 Å². The van der Waals surface area contributed by atoms with Crippen LogP contribution in [-0.4, -0.2) is 6.54 Å². The van der Waals surface area contributed by atoms with Crippen LogP contribution in [-0.2, 0) is 0 Å². The van der Waals surface area contributed by atoms with E-state index in [1.807, 2.05) is 0 Å². The lowest BCUT2D eigenvalue weighted by Crippen LogP contribution is -2.17. The van der Waals surface area contributed by atoms with Crippen molar-refractivity contribution in [1.82, 2.24) is 0 Å². The maximum absolute atomic E-state index is 5.72. The quantitative estimate of drug-likeness (QED) is 0.607. The van der Waals surface area contributed by atoms with E-state index in [2.05, 4.69) is 0 Å². The van der Waals surface area contributed by atoms with Crippen molar-refractivity contribution in [2.24, 2.45) is 28.9 Å². The Balaban J connectivity index is 1.78. The summed E-state index contributed by atoms with van der Waals surface area (Å²) in [5, 5.41) is 0. The molecule has 3 aliphatic rings. The summed E-state index contributed by atoms with van der Waals surface area (Å²) in [6.07, 6.45) is 7.57. The second kappa shape index (κ2) is 1.82. The topological polar surface area (TPSA) is 26.0 Å². The fourth-order valence-electron chi connectivity index (χ4n) is 3.63. The molecule has 0 radical (unpaired) electrons. The third-order valence-corrected chi connectivity index (χ3v) is 4.44. The van der Waals surface area contributed by atoms with Crippen molar-refractivity contribution < 1.29 is 0 Å². The van der Waals surface area contributed by atoms with Crippen molar-refractivity contribution in [1.29, 1.82) is 0 Å². The van der Waals surface area contributed by atoms with E-state index < -0.39 is 0 Å². The average Bonchev–Trinajstić information content (AvgIpc) is 2.84. The van der Waals surface area contributed by atoms with Gasteiger partial charge in [-0.05, 0) is 49.0 Å². The van der Waals surface area contributed by atoms with Gasteiger partial charge in [-0.3, -0.25) is 0 Å². The minimum atomic E-state index is 0.803. The van der Waals surface area contributed by atoms with E-state index in [-0.39, 0.29) is 0 Å².